The second kappa shape index (κ2) is 4.64. The Morgan fingerprint density at radius 1 is 1.31 bits per heavy atom. The fourth-order valence-electron chi connectivity index (χ4n) is 4.06. The Morgan fingerprint density at radius 2 is 2.06 bits per heavy atom. The average Bonchev–Trinajstić information content (AvgIpc) is 2.39. The molecule has 1 nitrogen and oxygen atoms in total. The molecule has 0 spiro atoms. The van der Waals surface area contributed by atoms with Gasteiger partial charge in [0.1, 0.15) is 6.17 Å². The lowest BCUT2D eigenvalue weighted by atomic mass is 9.61. The molecule has 2 fully saturated rings. The number of halogens is 1. The summed E-state index contributed by atoms with van der Waals surface area (Å²) in [6.07, 6.45) is 6.81. The van der Waals surface area contributed by atoms with Crippen LogP contribution in [0.3, 0.4) is 0 Å². The molecule has 5 atom stereocenters. The molecule has 2 aliphatic rings. The minimum atomic E-state index is -0.566. The van der Waals surface area contributed by atoms with Gasteiger partial charge in [0.05, 0.1) is 0 Å². The third kappa shape index (κ3) is 2.01. The van der Waals surface area contributed by atoms with E-state index < -0.39 is 6.17 Å². The highest BCUT2D eigenvalue weighted by atomic mass is 19.1. The van der Waals surface area contributed by atoms with Gasteiger partial charge in [-0.25, -0.2) is 4.39 Å². The van der Waals surface area contributed by atoms with Gasteiger partial charge in [-0.2, -0.15) is 0 Å². The van der Waals surface area contributed by atoms with E-state index >= 15 is 0 Å². The summed E-state index contributed by atoms with van der Waals surface area (Å²) in [6, 6.07) is 0.289. The lowest BCUT2D eigenvalue weighted by Crippen LogP contribution is -2.50. The minimum Gasteiger partial charge on any atom is -0.327 e. The molecule has 0 aliphatic heterocycles. The van der Waals surface area contributed by atoms with E-state index in [0.717, 1.165) is 19.3 Å². The molecule has 2 aliphatic carbocycles. The van der Waals surface area contributed by atoms with Crippen LogP contribution in [0, 0.1) is 17.3 Å². The molecule has 16 heavy (non-hydrogen) atoms. The zero-order valence-corrected chi connectivity index (χ0v) is 10.7. The van der Waals surface area contributed by atoms with Crippen molar-refractivity contribution in [3.8, 4) is 0 Å². The van der Waals surface area contributed by atoms with E-state index in [1.54, 1.807) is 0 Å². The van der Waals surface area contributed by atoms with Gasteiger partial charge < -0.3 is 5.73 Å². The Bertz CT molecular complexity index is 239. The Labute approximate surface area is 99.0 Å². The van der Waals surface area contributed by atoms with Crippen LogP contribution in [0.4, 0.5) is 4.39 Å². The Morgan fingerprint density at radius 3 is 2.75 bits per heavy atom. The molecule has 0 aromatic carbocycles. The van der Waals surface area contributed by atoms with E-state index in [1.807, 2.05) is 0 Å². The summed E-state index contributed by atoms with van der Waals surface area (Å²) < 4.78 is 13.5. The lowest BCUT2D eigenvalue weighted by molar-refractivity contribution is 0.0284. The normalized spacial score (nSPS) is 49.5. The Kier molecular flexibility index (Phi) is 3.58. The van der Waals surface area contributed by atoms with E-state index in [1.165, 1.54) is 25.7 Å². The molecule has 94 valence electrons. The van der Waals surface area contributed by atoms with E-state index in [0.29, 0.717) is 11.8 Å². The number of rotatable bonds is 1. The molecular formula is C14H26FN. The molecule has 2 saturated carbocycles. The third-order valence-electron chi connectivity index (χ3n) is 5.39. The third-order valence-corrected chi connectivity index (χ3v) is 5.39. The van der Waals surface area contributed by atoms with E-state index in [9.17, 15) is 4.39 Å². The van der Waals surface area contributed by atoms with Crippen molar-refractivity contribution in [1.29, 1.82) is 0 Å². The molecule has 0 saturated heterocycles. The van der Waals surface area contributed by atoms with E-state index in [2.05, 4.69) is 13.8 Å². The fourth-order valence-corrected chi connectivity index (χ4v) is 4.06. The second-order valence-electron chi connectivity index (χ2n) is 6.20. The predicted molar refractivity (Wildman–Crippen MR) is 66.0 cm³/mol. The number of hydrogen-bond donors (Lipinski definition) is 1. The summed E-state index contributed by atoms with van der Waals surface area (Å²) in [7, 11) is 0. The molecule has 0 bridgehead atoms. The van der Waals surface area contributed by atoms with Crippen LogP contribution in [0.1, 0.15) is 58.8 Å². The quantitative estimate of drug-likeness (QED) is 0.726. The molecular weight excluding hydrogens is 201 g/mol. The molecule has 0 aromatic heterocycles. The molecule has 0 heterocycles. The van der Waals surface area contributed by atoms with Crippen LogP contribution in [0.2, 0.25) is 0 Å². The topological polar surface area (TPSA) is 26.0 Å². The smallest absolute Gasteiger partial charge is 0.100 e. The van der Waals surface area contributed by atoms with Crippen molar-refractivity contribution in [2.45, 2.75) is 71.0 Å². The van der Waals surface area contributed by atoms with Crippen LogP contribution < -0.4 is 5.73 Å². The van der Waals surface area contributed by atoms with Crippen molar-refractivity contribution < 1.29 is 4.39 Å². The highest BCUT2D eigenvalue weighted by Crippen LogP contribution is 2.50. The van der Waals surface area contributed by atoms with Gasteiger partial charge in [0.2, 0.25) is 0 Å². The first-order chi connectivity index (χ1) is 7.58. The number of fused-ring (bicyclic) bond motifs is 1. The van der Waals surface area contributed by atoms with Crippen molar-refractivity contribution in [2.24, 2.45) is 23.0 Å². The molecule has 0 radical (unpaired) electrons. The second-order valence-corrected chi connectivity index (χ2v) is 6.20. The summed E-state index contributed by atoms with van der Waals surface area (Å²) in [5.74, 6) is 1.19. The SMILES string of the molecule is CCC1CCCC2CC(F)CCC2(C)C1N. The molecule has 5 unspecified atom stereocenters. The summed E-state index contributed by atoms with van der Waals surface area (Å²) in [4.78, 5) is 0. The highest BCUT2D eigenvalue weighted by Gasteiger charge is 2.47. The predicted octanol–water partition coefficient (Wildman–Crippen LogP) is 3.67. The number of hydrogen-bond acceptors (Lipinski definition) is 1. The molecule has 2 rings (SSSR count). The van der Waals surface area contributed by atoms with Crippen LogP contribution in [-0.4, -0.2) is 12.2 Å². The van der Waals surface area contributed by atoms with Crippen molar-refractivity contribution >= 4 is 0 Å². The maximum atomic E-state index is 13.5. The summed E-state index contributed by atoms with van der Waals surface area (Å²) in [5, 5.41) is 0. The van der Waals surface area contributed by atoms with Crippen LogP contribution in [-0.2, 0) is 0 Å². The minimum absolute atomic E-state index is 0.208. The monoisotopic (exact) mass is 227 g/mol. The average molecular weight is 227 g/mol. The fraction of sp³-hybridized carbons (Fsp3) is 1.00. The maximum Gasteiger partial charge on any atom is 0.100 e. The molecule has 2 N–H and O–H groups in total. The van der Waals surface area contributed by atoms with Gasteiger partial charge in [-0.05, 0) is 49.4 Å². The first kappa shape index (κ1) is 12.3. The Balaban J connectivity index is 2.19. The number of alkyl halides is 1. The highest BCUT2D eigenvalue weighted by molar-refractivity contribution is 5.00. The van der Waals surface area contributed by atoms with E-state index in [-0.39, 0.29) is 11.5 Å². The van der Waals surface area contributed by atoms with Gasteiger partial charge in [0.15, 0.2) is 0 Å². The standard InChI is InChI=1S/C14H26FN/c1-3-10-5-4-6-11-9-12(15)7-8-14(11,2)13(10)16/h10-13H,3-9,16H2,1-2H3. The molecule has 2 heteroatoms. The van der Waals surface area contributed by atoms with Crippen molar-refractivity contribution in [3.63, 3.8) is 0 Å². The first-order valence-electron chi connectivity index (χ1n) is 6.97. The van der Waals surface area contributed by atoms with Gasteiger partial charge in [-0.3, -0.25) is 0 Å². The van der Waals surface area contributed by atoms with E-state index in [4.69, 9.17) is 5.73 Å². The van der Waals surface area contributed by atoms with Gasteiger partial charge in [-0.1, -0.05) is 26.7 Å². The zero-order valence-electron chi connectivity index (χ0n) is 10.7. The van der Waals surface area contributed by atoms with Crippen LogP contribution in [0.15, 0.2) is 0 Å². The molecule has 0 amide bonds. The summed E-state index contributed by atoms with van der Waals surface area (Å²) in [6.45, 7) is 4.57. The van der Waals surface area contributed by atoms with Crippen LogP contribution >= 0.6 is 0 Å². The maximum absolute atomic E-state index is 13.5. The first-order valence-corrected chi connectivity index (χ1v) is 6.97. The van der Waals surface area contributed by atoms with Gasteiger partial charge in [-0.15, -0.1) is 0 Å². The summed E-state index contributed by atoms with van der Waals surface area (Å²) in [5.41, 5.74) is 6.71. The Hall–Kier alpha value is -0.110. The van der Waals surface area contributed by atoms with Crippen molar-refractivity contribution in [2.75, 3.05) is 0 Å². The van der Waals surface area contributed by atoms with Gasteiger partial charge in [0, 0.05) is 6.04 Å². The molecule has 0 aromatic rings. The van der Waals surface area contributed by atoms with Crippen LogP contribution in [0.25, 0.3) is 0 Å². The zero-order chi connectivity index (χ0) is 11.8. The summed E-state index contributed by atoms with van der Waals surface area (Å²) >= 11 is 0. The number of nitrogens with two attached hydrogens (primary N) is 1. The lowest BCUT2D eigenvalue weighted by Gasteiger charge is -2.47. The van der Waals surface area contributed by atoms with Gasteiger partial charge >= 0.3 is 0 Å². The van der Waals surface area contributed by atoms with Crippen molar-refractivity contribution in [3.05, 3.63) is 0 Å². The van der Waals surface area contributed by atoms with Gasteiger partial charge in [0.25, 0.3) is 0 Å². The van der Waals surface area contributed by atoms with Crippen LogP contribution in [0.5, 0.6) is 0 Å². The van der Waals surface area contributed by atoms with Crippen molar-refractivity contribution in [1.82, 2.24) is 0 Å². The largest absolute Gasteiger partial charge is 0.327 e.